The van der Waals surface area contributed by atoms with Crippen molar-refractivity contribution in [2.24, 2.45) is 5.92 Å². The molecule has 196 valence electrons. The Hall–Kier alpha value is -2.88. The van der Waals surface area contributed by atoms with Gasteiger partial charge in [0.15, 0.2) is 17.5 Å². The quantitative estimate of drug-likeness (QED) is 0.116. The summed E-state index contributed by atoms with van der Waals surface area (Å²) in [5.41, 5.74) is -0.171. The van der Waals surface area contributed by atoms with Gasteiger partial charge in [-0.3, -0.25) is 9.59 Å². The molecule has 1 saturated carbocycles. The van der Waals surface area contributed by atoms with Crippen LogP contribution in [0, 0.1) is 35.0 Å². The molecule has 3 rings (SSSR count). The fraction of sp³-hybridized carbons (Fsp3) is 0.200. The van der Waals surface area contributed by atoms with E-state index < -0.39 is 57.1 Å². The first-order chi connectivity index (χ1) is 17.2. The van der Waals surface area contributed by atoms with Crippen molar-refractivity contribution in [3.8, 4) is 0 Å². The maximum atomic E-state index is 13.7. The largest absolute Gasteiger partial charge is 0.330 e. The van der Waals surface area contributed by atoms with E-state index in [4.69, 9.17) is 34.8 Å². The summed E-state index contributed by atoms with van der Waals surface area (Å²) in [6, 6.07) is 4.17. The average molecular weight is 580 g/mol. The van der Waals surface area contributed by atoms with Crippen LogP contribution in [-0.2, 0) is 9.59 Å². The lowest BCUT2D eigenvalue weighted by molar-refractivity contribution is -0.120. The fourth-order valence-corrected chi connectivity index (χ4v) is 4.55. The molecule has 2 amide bonds. The van der Waals surface area contributed by atoms with Gasteiger partial charge in [0.2, 0.25) is 5.91 Å². The molecule has 0 spiro atoms. The lowest BCUT2D eigenvalue weighted by atomic mass is 10.1. The summed E-state index contributed by atoms with van der Waals surface area (Å²) in [4.78, 5) is 24.7. The van der Waals surface area contributed by atoms with Crippen LogP contribution in [0.1, 0.15) is 24.8 Å². The number of anilines is 1. The van der Waals surface area contributed by atoms with E-state index in [-0.39, 0.29) is 28.3 Å². The Morgan fingerprint density at radius 3 is 2.24 bits per heavy atom. The number of alkyl halides is 2. The maximum Gasteiger partial charge on any atom is 0.256 e. The first-order valence-electron chi connectivity index (χ1n) is 10.5. The molecular weight excluding hydrogens is 562 g/mol. The Morgan fingerprint density at radius 1 is 1.03 bits per heavy atom. The molecule has 1 fully saturated rings. The average Bonchev–Trinajstić information content (AvgIpc) is 3.35. The zero-order valence-corrected chi connectivity index (χ0v) is 21.2. The molecule has 1 aliphatic rings. The minimum atomic E-state index is -1.62. The second-order valence-corrected chi connectivity index (χ2v) is 10.1. The number of carbonyl (C=O) groups excluding carboxylic acids is 2. The van der Waals surface area contributed by atoms with Gasteiger partial charge < -0.3 is 10.6 Å². The second-order valence-electron chi connectivity index (χ2n) is 8.23. The highest BCUT2D eigenvalue weighted by atomic mass is 35.5. The van der Waals surface area contributed by atoms with Crippen molar-refractivity contribution >= 4 is 52.3 Å². The minimum absolute atomic E-state index is 0.0264. The van der Waals surface area contributed by atoms with Crippen LogP contribution in [0.4, 0.5) is 27.6 Å². The highest BCUT2D eigenvalue weighted by Gasteiger charge is 2.64. The molecule has 12 heteroatoms. The third-order valence-corrected chi connectivity index (χ3v) is 6.92. The van der Waals surface area contributed by atoms with Crippen LogP contribution in [0.25, 0.3) is 0 Å². The number of hydrogen-bond donors (Lipinski definition) is 2. The summed E-state index contributed by atoms with van der Waals surface area (Å²) in [6.45, 7) is 5.04. The summed E-state index contributed by atoms with van der Waals surface area (Å²) in [5, 5.41) is 4.63. The SMILES string of the molecule is C=C(C(=O)Nc1ccc(F)cc1F)/C(Cl)=C\C=C(/C)NC(=O)C[C@@H]1[C@@H](c2cc(F)c(F)c(F)c2)C1(Cl)Cl. The molecule has 2 aromatic rings. The van der Waals surface area contributed by atoms with E-state index in [1.807, 2.05) is 0 Å². The molecule has 0 saturated heterocycles. The standard InChI is InChI=1S/C25H18Cl3F5N2O2/c1-11(3-5-16(26)12(2)24(37)35-20-6-4-14(29)9-17(20)30)34-21(36)10-15-22(25(15,27)28)13-7-18(31)23(33)19(32)8-13/h3-9,15,22H,2,10H2,1H3,(H,34,36)(H,35,37)/b11-3+,16-5+/t15-,22-/m1/s1. The highest BCUT2D eigenvalue weighted by Crippen LogP contribution is 2.66. The van der Waals surface area contributed by atoms with Crippen LogP contribution in [-0.4, -0.2) is 16.1 Å². The van der Waals surface area contributed by atoms with Gasteiger partial charge in [0.25, 0.3) is 5.91 Å². The Bertz CT molecular complexity index is 1320. The molecule has 0 aromatic heterocycles. The highest BCUT2D eigenvalue weighted by molar-refractivity contribution is 6.52. The predicted octanol–water partition coefficient (Wildman–Crippen LogP) is 7.00. The normalized spacial score (nSPS) is 18.8. The molecule has 2 atom stereocenters. The topological polar surface area (TPSA) is 58.2 Å². The van der Waals surface area contributed by atoms with Gasteiger partial charge in [-0.25, -0.2) is 22.0 Å². The van der Waals surface area contributed by atoms with Crippen LogP contribution in [0.15, 0.2) is 65.4 Å². The Morgan fingerprint density at radius 2 is 1.65 bits per heavy atom. The molecule has 0 aliphatic heterocycles. The zero-order chi connectivity index (χ0) is 27.7. The summed E-state index contributed by atoms with van der Waals surface area (Å²) in [6.07, 6.45) is 2.41. The number of allylic oxidation sites excluding steroid dienone is 3. The van der Waals surface area contributed by atoms with Crippen LogP contribution >= 0.6 is 34.8 Å². The predicted molar refractivity (Wildman–Crippen MR) is 132 cm³/mol. The molecular formula is C25H18Cl3F5N2O2. The number of hydrogen-bond acceptors (Lipinski definition) is 2. The van der Waals surface area contributed by atoms with Gasteiger partial charge in [-0.1, -0.05) is 18.2 Å². The van der Waals surface area contributed by atoms with E-state index in [1.54, 1.807) is 0 Å². The minimum Gasteiger partial charge on any atom is -0.330 e. The monoisotopic (exact) mass is 578 g/mol. The Balaban J connectivity index is 1.58. The molecule has 2 N–H and O–H groups in total. The number of amides is 2. The molecule has 0 unspecified atom stereocenters. The number of nitrogens with one attached hydrogen (secondary N) is 2. The fourth-order valence-electron chi connectivity index (χ4n) is 3.56. The van der Waals surface area contributed by atoms with Crippen molar-refractivity contribution in [1.82, 2.24) is 5.32 Å². The van der Waals surface area contributed by atoms with Crippen molar-refractivity contribution in [1.29, 1.82) is 0 Å². The van der Waals surface area contributed by atoms with Crippen molar-refractivity contribution in [2.75, 3.05) is 5.32 Å². The van der Waals surface area contributed by atoms with Gasteiger partial charge in [0, 0.05) is 30.0 Å². The number of carbonyl (C=O) groups is 2. The van der Waals surface area contributed by atoms with Crippen molar-refractivity contribution in [3.05, 3.63) is 100 Å². The van der Waals surface area contributed by atoms with E-state index in [2.05, 4.69) is 17.2 Å². The Kier molecular flexibility index (Phi) is 8.72. The van der Waals surface area contributed by atoms with Gasteiger partial charge in [0.05, 0.1) is 16.3 Å². The van der Waals surface area contributed by atoms with E-state index in [0.717, 1.165) is 24.3 Å². The van der Waals surface area contributed by atoms with Gasteiger partial charge in [-0.15, -0.1) is 23.2 Å². The van der Waals surface area contributed by atoms with Crippen molar-refractivity contribution in [3.63, 3.8) is 0 Å². The van der Waals surface area contributed by atoms with Gasteiger partial charge in [-0.2, -0.15) is 0 Å². The summed E-state index contributed by atoms with van der Waals surface area (Å²) in [7, 11) is 0. The molecule has 0 heterocycles. The summed E-state index contributed by atoms with van der Waals surface area (Å²) >= 11 is 18.4. The maximum absolute atomic E-state index is 13.7. The van der Waals surface area contributed by atoms with E-state index in [1.165, 1.54) is 19.1 Å². The lowest BCUT2D eigenvalue weighted by Gasteiger charge is -2.08. The van der Waals surface area contributed by atoms with Crippen LogP contribution in [0.5, 0.6) is 0 Å². The van der Waals surface area contributed by atoms with E-state index in [9.17, 15) is 31.5 Å². The number of rotatable bonds is 8. The van der Waals surface area contributed by atoms with Crippen LogP contribution in [0.3, 0.4) is 0 Å². The molecule has 0 radical (unpaired) electrons. The first-order valence-corrected chi connectivity index (χ1v) is 11.7. The molecule has 1 aliphatic carbocycles. The van der Waals surface area contributed by atoms with Gasteiger partial charge in [-0.05, 0) is 48.9 Å². The van der Waals surface area contributed by atoms with Crippen molar-refractivity contribution in [2.45, 2.75) is 23.6 Å². The summed E-state index contributed by atoms with van der Waals surface area (Å²) < 4.78 is 65.6. The second kappa shape index (κ2) is 11.2. The smallest absolute Gasteiger partial charge is 0.256 e. The van der Waals surface area contributed by atoms with Gasteiger partial charge >= 0.3 is 0 Å². The van der Waals surface area contributed by atoms with Crippen LogP contribution < -0.4 is 10.6 Å². The van der Waals surface area contributed by atoms with E-state index >= 15 is 0 Å². The zero-order valence-electron chi connectivity index (χ0n) is 19.0. The van der Waals surface area contributed by atoms with E-state index in [0.29, 0.717) is 11.8 Å². The molecule has 37 heavy (non-hydrogen) atoms. The van der Waals surface area contributed by atoms with Gasteiger partial charge in [0.1, 0.15) is 16.0 Å². The first kappa shape index (κ1) is 28.7. The molecule has 2 aromatic carbocycles. The third kappa shape index (κ3) is 6.71. The molecule has 4 nitrogen and oxygen atoms in total. The molecule has 0 bridgehead atoms. The van der Waals surface area contributed by atoms with Crippen molar-refractivity contribution < 1.29 is 31.5 Å². The lowest BCUT2D eigenvalue weighted by Crippen LogP contribution is -2.22. The number of halogens is 8. The Labute approximate surface area is 223 Å². The number of benzene rings is 2. The summed E-state index contributed by atoms with van der Waals surface area (Å²) in [5.74, 6) is -9.05. The van der Waals surface area contributed by atoms with Crippen LogP contribution in [0.2, 0.25) is 0 Å². The third-order valence-electron chi connectivity index (χ3n) is 5.53.